The molecule has 0 radical (unpaired) electrons. The van der Waals surface area contributed by atoms with E-state index in [1.807, 2.05) is 50.4 Å². The van der Waals surface area contributed by atoms with Crippen molar-refractivity contribution in [3.8, 4) is 0 Å². The average Bonchev–Trinajstić information content (AvgIpc) is 3.03. The van der Waals surface area contributed by atoms with Gasteiger partial charge in [-0.25, -0.2) is 9.38 Å². The fourth-order valence-electron chi connectivity index (χ4n) is 4.48. The van der Waals surface area contributed by atoms with Gasteiger partial charge < -0.3 is 4.90 Å². The topological polar surface area (TPSA) is 35.9 Å². The first-order valence-corrected chi connectivity index (χ1v) is 12.0. The summed E-state index contributed by atoms with van der Waals surface area (Å²) >= 11 is 1.31. The third kappa shape index (κ3) is 4.20. The van der Waals surface area contributed by atoms with Crippen LogP contribution in [0.3, 0.4) is 0 Å². The third-order valence-corrected chi connectivity index (χ3v) is 7.36. The highest BCUT2D eigenvalue weighted by Crippen LogP contribution is 2.44. The van der Waals surface area contributed by atoms with Crippen LogP contribution in [0.1, 0.15) is 57.6 Å². The molecule has 32 heavy (non-hydrogen) atoms. The quantitative estimate of drug-likeness (QED) is 0.494. The van der Waals surface area contributed by atoms with Gasteiger partial charge in [0.2, 0.25) is 0 Å². The maximum Gasteiger partial charge on any atom is 0.266 e. The lowest BCUT2D eigenvalue weighted by molar-refractivity contribution is -0.122. The van der Waals surface area contributed by atoms with Crippen LogP contribution < -0.4 is 4.90 Å². The molecule has 2 aliphatic rings. The van der Waals surface area contributed by atoms with Gasteiger partial charge in [-0.3, -0.25) is 9.69 Å². The minimum Gasteiger partial charge on any atom is -0.369 e. The molecule has 0 spiro atoms. The fourth-order valence-corrected chi connectivity index (χ4v) is 5.50. The molecule has 0 saturated carbocycles. The van der Waals surface area contributed by atoms with Crippen molar-refractivity contribution in [2.75, 3.05) is 18.5 Å². The predicted octanol–water partition coefficient (Wildman–Crippen LogP) is 6.56. The molecule has 2 heterocycles. The Morgan fingerprint density at radius 1 is 1.25 bits per heavy atom. The van der Waals surface area contributed by atoms with Crippen molar-refractivity contribution in [3.05, 3.63) is 64.3 Å². The van der Waals surface area contributed by atoms with Crippen molar-refractivity contribution in [3.63, 3.8) is 0 Å². The number of hydrogen-bond acceptors (Lipinski definition) is 4. The number of benzene rings is 2. The molecular weight excluding hydrogens is 421 g/mol. The van der Waals surface area contributed by atoms with Crippen molar-refractivity contribution in [1.29, 1.82) is 0 Å². The summed E-state index contributed by atoms with van der Waals surface area (Å²) in [7, 11) is 2.02. The van der Waals surface area contributed by atoms with Crippen LogP contribution in [-0.2, 0) is 4.79 Å². The van der Waals surface area contributed by atoms with E-state index in [0.29, 0.717) is 28.1 Å². The first-order valence-electron chi connectivity index (χ1n) is 11.1. The monoisotopic (exact) mass is 451 g/mol. The SMILES string of the molecule is CCCN1C(=O)/C(=C\c2cc3c(cc2F)N(C)C(C)(C)CC3C)SC1=Nc1ccccc1. The molecule has 2 aliphatic heterocycles. The van der Waals surface area contributed by atoms with Gasteiger partial charge in [0.25, 0.3) is 5.91 Å². The van der Waals surface area contributed by atoms with Crippen LogP contribution in [0.15, 0.2) is 52.4 Å². The molecule has 1 unspecified atom stereocenters. The summed E-state index contributed by atoms with van der Waals surface area (Å²) in [4.78, 5) is 22.2. The van der Waals surface area contributed by atoms with E-state index >= 15 is 4.39 Å². The smallest absolute Gasteiger partial charge is 0.266 e. The van der Waals surface area contributed by atoms with E-state index in [1.165, 1.54) is 11.8 Å². The zero-order valence-corrected chi connectivity index (χ0v) is 20.2. The lowest BCUT2D eigenvalue weighted by Gasteiger charge is -2.45. The molecule has 0 N–H and O–H groups in total. The van der Waals surface area contributed by atoms with Gasteiger partial charge in [-0.2, -0.15) is 0 Å². The molecule has 6 heteroatoms. The van der Waals surface area contributed by atoms with Gasteiger partial charge in [0.1, 0.15) is 5.82 Å². The van der Waals surface area contributed by atoms with E-state index in [0.717, 1.165) is 29.8 Å². The zero-order chi connectivity index (χ0) is 23.0. The number of carbonyl (C=O) groups is 1. The fraction of sp³-hybridized carbons (Fsp3) is 0.385. The molecule has 1 saturated heterocycles. The standard InChI is InChI=1S/C26H30FN3OS/c1-6-12-30-24(31)23(32-25(30)28-19-10-8-7-9-11-19)14-18-13-20-17(2)16-26(3,4)29(5)22(20)15-21(18)27/h7-11,13-15,17H,6,12,16H2,1-5H3/b23-14+,28-25?. The number of para-hydroxylation sites is 1. The molecule has 4 nitrogen and oxygen atoms in total. The minimum atomic E-state index is -0.308. The number of thioether (sulfide) groups is 1. The first-order chi connectivity index (χ1) is 15.2. The van der Waals surface area contributed by atoms with Crippen LogP contribution in [0.25, 0.3) is 6.08 Å². The summed E-state index contributed by atoms with van der Waals surface area (Å²) < 4.78 is 15.2. The van der Waals surface area contributed by atoms with Crippen molar-refractivity contribution >= 4 is 40.3 Å². The third-order valence-electron chi connectivity index (χ3n) is 6.35. The predicted molar refractivity (Wildman–Crippen MR) is 133 cm³/mol. The zero-order valence-electron chi connectivity index (χ0n) is 19.4. The van der Waals surface area contributed by atoms with Gasteiger partial charge in [-0.1, -0.05) is 32.0 Å². The lowest BCUT2D eigenvalue weighted by atomic mass is 9.80. The summed E-state index contributed by atoms with van der Waals surface area (Å²) in [6.07, 6.45) is 3.50. The first kappa shape index (κ1) is 22.6. The number of carbonyl (C=O) groups excluding carboxylic acids is 1. The van der Waals surface area contributed by atoms with Crippen LogP contribution >= 0.6 is 11.8 Å². The average molecular weight is 452 g/mol. The van der Waals surface area contributed by atoms with E-state index in [9.17, 15) is 4.79 Å². The molecule has 0 aliphatic carbocycles. The molecule has 168 valence electrons. The van der Waals surface area contributed by atoms with Crippen LogP contribution in [0, 0.1) is 5.82 Å². The molecule has 0 aromatic heterocycles. The van der Waals surface area contributed by atoms with Crippen LogP contribution in [-0.4, -0.2) is 35.1 Å². The van der Waals surface area contributed by atoms with Gasteiger partial charge in [0.15, 0.2) is 5.17 Å². The highest BCUT2D eigenvalue weighted by molar-refractivity contribution is 8.18. The van der Waals surface area contributed by atoms with Gasteiger partial charge in [-0.15, -0.1) is 0 Å². The van der Waals surface area contributed by atoms with Crippen molar-refractivity contribution in [2.24, 2.45) is 4.99 Å². The summed E-state index contributed by atoms with van der Waals surface area (Å²) in [5, 5.41) is 0.641. The van der Waals surface area contributed by atoms with Gasteiger partial charge >= 0.3 is 0 Å². The van der Waals surface area contributed by atoms with Crippen LogP contribution in [0.5, 0.6) is 0 Å². The highest BCUT2D eigenvalue weighted by atomic mass is 32.2. The Morgan fingerprint density at radius 3 is 2.66 bits per heavy atom. The summed E-state index contributed by atoms with van der Waals surface area (Å²) in [6, 6.07) is 13.1. The number of fused-ring (bicyclic) bond motifs is 1. The number of amides is 1. The molecule has 1 amide bonds. The number of anilines is 1. The Labute approximate surface area is 194 Å². The Balaban J connectivity index is 1.72. The summed E-state index contributed by atoms with van der Waals surface area (Å²) in [6.45, 7) is 9.17. The van der Waals surface area contributed by atoms with Crippen molar-refractivity contribution in [2.45, 2.75) is 52.0 Å². The number of rotatable bonds is 4. The van der Waals surface area contributed by atoms with Gasteiger partial charge in [0.05, 0.1) is 10.6 Å². The number of aliphatic imine (C=N–C) groups is 1. The number of nitrogens with zero attached hydrogens (tertiary/aromatic N) is 3. The summed E-state index contributed by atoms with van der Waals surface area (Å²) in [5.41, 5.74) is 3.28. The van der Waals surface area contributed by atoms with E-state index < -0.39 is 0 Å². The van der Waals surface area contributed by atoms with Crippen LogP contribution in [0.4, 0.5) is 15.8 Å². The second-order valence-corrected chi connectivity index (χ2v) is 10.2. The lowest BCUT2D eigenvalue weighted by Crippen LogP contribution is -2.45. The molecule has 1 fully saturated rings. The molecule has 1 atom stereocenters. The molecular formula is C26H30FN3OS. The Bertz CT molecular complexity index is 1090. The Morgan fingerprint density at radius 2 is 1.97 bits per heavy atom. The Hall–Kier alpha value is -2.60. The normalized spacial score (nSPS) is 22.7. The van der Waals surface area contributed by atoms with Crippen molar-refractivity contribution in [1.82, 2.24) is 4.90 Å². The molecule has 2 aromatic rings. The van der Waals surface area contributed by atoms with Gasteiger partial charge in [-0.05, 0) is 80.3 Å². The molecule has 0 bridgehead atoms. The maximum atomic E-state index is 15.2. The maximum absolute atomic E-state index is 15.2. The molecule has 4 rings (SSSR count). The largest absolute Gasteiger partial charge is 0.369 e. The Kier molecular flexibility index (Phi) is 6.17. The number of halogens is 1. The van der Waals surface area contributed by atoms with E-state index in [2.05, 4.69) is 30.7 Å². The molecule has 2 aromatic carbocycles. The number of hydrogen-bond donors (Lipinski definition) is 0. The number of amidine groups is 1. The van der Waals surface area contributed by atoms with E-state index in [-0.39, 0.29) is 17.3 Å². The second-order valence-electron chi connectivity index (χ2n) is 9.21. The highest BCUT2D eigenvalue weighted by Gasteiger charge is 2.36. The van der Waals surface area contributed by atoms with Crippen molar-refractivity contribution < 1.29 is 9.18 Å². The summed E-state index contributed by atoms with van der Waals surface area (Å²) in [5.74, 6) is -0.112. The van der Waals surface area contributed by atoms with Crippen LogP contribution in [0.2, 0.25) is 0 Å². The minimum absolute atomic E-state index is 0.0282. The van der Waals surface area contributed by atoms with E-state index in [1.54, 1.807) is 17.0 Å². The van der Waals surface area contributed by atoms with Gasteiger partial charge in [0, 0.05) is 30.4 Å². The van der Waals surface area contributed by atoms with E-state index in [4.69, 9.17) is 0 Å². The second kappa shape index (κ2) is 8.74.